The molecule has 0 bridgehead atoms. The first kappa shape index (κ1) is 31.2. The van der Waals surface area contributed by atoms with E-state index in [4.69, 9.17) is 0 Å². The Morgan fingerprint density at radius 3 is 1.20 bits per heavy atom. The van der Waals surface area contributed by atoms with Crippen molar-refractivity contribution in [2.45, 2.75) is 68.7 Å². The van der Waals surface area contributed by atoms with Gasteiger partial charge < -0.3 is 0 Å². The van der Waals surface area contributed by atoms with Gasteiger partial charge in [-0.05, 0) is 18.1 Å². The summed E-state index contributed by atoms with van der Waals surface area (Å²) in [6, 6.07) is 0. The lowest BCUT2D eigenvalue weighted by atomic mass is 10.1. The first-order valence-electron chi connectivity index (χ1n) is 7.95. The molecule has 0 aromatic carbocycles. The van der Waals surface area contributed by atoms with Gasteiger partial charge in [0.2, 0.25) is 0 Å². The Hall–Kier alpha value is -1.30. The second kappa shape index (κ2) is 43.1. The molecule has 0 aliphatic heterocycles. The lowest BCUT2D eigenvalue weighted by Crippen LogP contribution is -1.79. The van der Waals surface area contributed by atoms with Crippen LogP contribution in [0, 0.1) is 0 Å². The highest BCUT2D eigenvalue weighted by Crippen LogP contribution is 2.11. The molecular formula is C20H40. The molecule has 0 aliphatic carbocycles. The summed E-state index contributed by atoms with van der Waals surface area (Å²) in [4.78, 5) is 0. The first-order chi connectivity index (χ1) is 9.71. The highest BCUT2D eigenvalue weighted by molar-refractivity contribution is 5.46. The van der Waals surface area contributed by atoms with E-state index in [0.717, 1.165) is 11.1 Å². The highest BCUT2D eigenvalue weighted by Gasteiger charge is 1.91. The average molecular weight is 281 g/mol. The smallest absolute Gasteiger partial charge is 0.0194 e. The van der Waals surface area contributed by atoms with E-state index in [1.165, 1.54) is 6.42 Å². The predicted octanol–water partition coefficient (Wildman–Crippen LogP) is 7.91. The fourth-order valence-corrected chi connectivity index (χ4v) is 0.811. The summed E-state index contributed by atoms with van der Waals surface area (Å²) >= 11 is 0. The zero-order chi connectivity index (χ0) is 17.4. The van der Waals surface area contributed by atoms with Gasteiger partial charge in [0, 0.05) is 0 Å². The first-order valence-corrected chi connectivity index (χ1v) is 7.95. The fraction of sp³-hybridized carbons (Fsp3) is 0.500. The van der Waals surface area contributed by atoms with E-state index in [-0.39, 0.29) is 0 Å². The van der Waals surface area contributed by atoms with E-state index in [2.05, 4.69) is 33.6 Å². The van der Waals surface area contributed by atoms with Crippen molar-refractivity contribution in [2.24, 2.45) is 0 Å². The Morgan fingerprint density at radius 1 is 0.750 bits per heavy atom. The molecule has 20 heavy (non-hydrogen) atoms. The van der Waals surface area contributed by atoms with Crippen LogP contribution >= 0.6 is 0 Å². The Balaban J connectivity index is -0.0000000698. The third kappa shape index (κ3) is 30.1. The van der Waals surface area contributed by atoms with E-state index in [9.17, 15) is 0 Å². The second-order valence-corrected chi connectivity index (χ2v) is 2.72. The molecule has 0 aliphatic rings. The van der Waals surface area contributed by atoms with E-state index in [1.54, 1.807) is 18.2 Å². The quantitative estimate of drug-likeness (QED) is 0.459. The lowest BCUT2D eigenvalue weighted by molar-refractivity contribution is 1.09. The molecule has 0 atom stereocenters. The van der Waals surface area contributed by atoms with E-state index in [1.807, 2.05) is 60.6 Å². The molecule has 0 spiro atoms. The average Bonchev–Trinajstić information content (AvgIpc) is 2.54. The SMILES string of the molecule is C=C/C=C(C=C)\C(C=C)=C/C.CC.CC.CC.CCC. The summed E-state index contributed by atoms with van der Waals surface area (Å²) in [5, 5.41) is 0. The molecule has 0 fully saturated rings. The molecule has 0 amide bonds. The summed E-state index contributed by atoms with van der Waals surface area (Å²) in [5.41, 5.74) is 2.14. The van der Waals surface area contributed by atoms with Gasteiger partial charge in [-0.3, -0.25) is 0 Å². The molecule has 120 valence electrons. The molecule has 0 radical (unpaired) electrons. The van der Waals surface area contributed by atoms with Crippen molar-refractivity contribution in [2.75, 3.05) is 0 Å². The summed E-state index contributed by atoms with van der Waals surface area (Å²) in [7, 11) is 0. The zero-order valence-electron chi connectivity index (χ0n) is 15.7. The molecule has 0 unspecified atom stereocenters. The van der Waals surface area contributed by atoms with E-state index < -0.39 is 0 Å². The second-order valence-electron chi connectivity index (χ2n) is 2.72. The van der Waals surface area contributed by atoms with Crippen LogP contribution in [-0.2, 0) is 0 Å². The minimum Gasteiger partial charge on any atom is -0.0990 e. The molecule has 0 saturated carbocycles. The van der Waals surface area contributed by atoms with Crippen molar-refractivity contribution in [3.8, 4) is 0 Å². The minimum atomic E-state index is 1.05. The van der Waals surface area contributed by atoms with Gasteiger partial charge in [0.05, 0.1) is 0 Å². The van der Waals surface area contributed by atoms with Crippen molar-refractivity contribution < 1.29 is 0 Å². The zero-order valence-corrected chi connectivity index (χ0v) is 15.7. The summed E-state index contributed by atoms with van der Waals surface area (Å²) in [6.45, 7) is 29.2. The van der Waals surface area contributed by atoms with Gasteiger partial charge in [0.1, 0.15) is 0 Å². The molecule has 0 heterocycles. The van der Waals surface area contributed by atoms with Crippen LogP contribution in [0.3, 0.4) is 0 Å². The minimum absolute atomic E-state index is 1.05. The molecule has 0 aromatic heterocycles. The van der Waals surface area contributed by atoms with Crippen molar-refractivity contribution >= 4 is 0 Å². The summed E-state index contributed by atoms with van der Waals surface area (Å²) in [6.07, 6.45) is 10.5. The maximum Gasteiger partial charge on any atom is -0.0194 e. The lowest BCUT2D eigenvalue weighted by Gasteiger charge is -1.99. The van der Waals surface area contributed by atoms with Crippen LogP contribution in [0.15, 0.2) is 61.3 Å². The van der Waals surface area contributed by atoms with Gasteiger partial charge >= 0.3 is 0 Å². The maximum absolute atomic E-state index is 3.69. The van der Waals surface area contributed by atoms with Crippen molar-refractivity contribution in [1.82, 2.24) is 0 Å². The van der Waals surface area contributed by atoms with Gasteiger partial charge in [0.15, 0.2) is 0 Å². The Bertz CT molecular complexity index is 226. The topological polar surface area (TPSA) is 0 Å². The van der Waals surface area contributed by atoms with Crippen LogP contribution in [0.25, 0.3) is 0 Å². The number of allylic oxidation sites excluding steroid dienone is 7. The third-order valence-corrected chi connectivity index (χ3v) is 1.38. The van der Waals surface area contributed by atoms with Crippen molar-refractivity contribution in [3.05, 3.63) is 61.3 Å². The largest absolute Gasteiger partial charge is 0.0990 e. The maximum atomic E-state index is 3.69. The summed E-state index contributed by atoms with van der Waals surface area (Å²) < 4.78 is 0. The van der Waals surface area contributed by atoms with E-state index >= 15 is 0 Å². The molecule has 0 heteroatoms. The molecule has 0 nitrogen and oxygen atoms in total. The van der Waals surface area contributed by atoms with Crippen LogP contribution in [-0.4, -0.2) is 0 Å². The Morgan fingerprint density at radius 2 is 1.05 bits per heavy atom. The predicted molar refractivity (Wildman–Crippen MR) is 102 cm³/mol. The van der Waals surface area contributed by atoms with E-state index in [0.29, 0.717) is 0 Å². The van der Waals surface area contributed by atoms with Gasteiger partial charge in [-0.2, -0.15) is 0 Å². The Labute approximate surface area is 130 Å². The van der Waals surface area contributed by atoms with Crippen LogP contribution in [0.5, 0.6) is 0 Å². The molecule has 0 N–H and O–H groups in total. The van der Waals surface area contributed by atoms with Gasteiger partial charge in [-0.1, -0.05) is 112 Å². The molecule has 0 saturated heterocycles. The van der Waals surface area contributed by atoms with Crippen LogP contribution < -0.4 is 0 Å². The van der Waals surface area contributed by atoms with Gasteiger partial charge in [-0.15, -0.1) is 0 Å². The molecule has 0 aromatic rings. The highest BCUT2D eigenvalue weighted by atomic mass is 14.0. The third-order valence-electron chi connectivity index (χ3n) is 1.38. The standard InChI is InChI=1S/C11H14.C3H8.3C2H6/c1-5-9-11(8-4)10(6-2)7-3;1-3-2;3*1-2/h5-9H,1-2,4H2,3H3;3H2,1-2H3;3*1-2H3/b10-7-,11-9-;;;;. The van der Waals surface area contributed by atoms with Crippen molar-refractivity contribution in [1.29, 1.82) is 0 Å². The van der Waals surface area contributed by atoms with Crippen LogP contribution in [0.1, 0.15) is 68.7 Å². The number of rotatable bonds is 4. The van der Waals surface area contributed by atoms with Gasteiger partial charge in [0.25, 0.3) is 0 Å². The van der Waals surface area contributed by atoms with Crippen molar-refractivity contribution in [3.63, 3.8) is 0 Å². The normalized spacial score (nSPS) is 8.65. The number of hydrogen-bond donors (Lipinski definition) is 0. The number of hydrogen-bond acceptors (Lipinski definition) is 0. The molecule has 0 rings (SSSR count). The van der Waals surface area contributed by atoms with Crippen LogP contribution in [0.2, 0.25) is 0 Å². The Kier molecular flexibility index (Phi) is 67.3. The monoisotopic (exact) mass is 280 g/mol. The fourth-order valence-electron chi connectivity index (χ4n) is 0.811. The van der Waals surface area contributed by atoms with Crippen LogP contribution in [0.4, 0.5) is 0 Å². The molecular weight excluding hydrogens is 240 g/mol. The summed E-state index contributed by atoms with van der Waals surface area (Å²) in [5.74, 6) is 0. The van der Waals surface area contributed by atoms with Gasteiger partial charge in [-0.25, -0.2) is 0 Å².